The van der Waals surface area contributed by atoms with E-state index < -0.39 is 5.41 Å². The quantitative estimate of drug-likeness (QED) is 0.180. The van der Waals surface area contributed by atoms with Gasteiger partial charge in [-0.2, -0.15) is 0 Å². The summed E-state index contributed by atoms with van der Waals surface area (Å²) in [6.07, 6.45) is 0. The molecule has 0 aliphatic heterocycles. The highest BCUT2D eigenvalue weighted by atomic mass is 15.1. The maximum absolute atomic E-state index is 2.50. The highest BCUT2D eigenvalue weighted by Gasteiger charge is 2.50. The van der Waals surface area contributed by atoms with E-state index in [9.17, 15) is 0 Å². The van der Waals surface area contributed by atoms with Crippen LogP contribution in [0.2, 0.25) is 0 Å². The number of nitrogens with zero attached hydrogens (tertiary/aromatic N) is 1. The molecule has 0 bridgehead atoms. The molecule has 8 aromatic carbocycles. The largest absolute Gasteiger partial charge is 0.310 e. The molecule has 0 fully saturated rings. The zero-order valence-corrected chi connectivity index (χ0v) is 29.8. The van der Waals surface area contributed by atoms with Gasteiger partial charge in [-0.15, -0.1) is 0 Å². The van der Waals surface area contributed by atoms with Crippen molar-refractivity contribution in [3.05, 3.63) is 221 Å². The van der Waals surface area contributed by atoms with Crippen molar-refractivity contribution < 1.29 is 0 Å². The lowest BCUT2D eigenvalue weighted by molar-refractivity contribution is 0.660. The Morgan fingerprint density at radius 3 is 1.17 bits per heavy atom. The van der Waals surface area contributed by atoms with Gasteiger partial charge >= 0.3 is 0 Å². The van der Waals surface area contributed by atoms with Crippen LogP contribution in [0.25, 0.3) is 44.5 Å². The summed E-state index contributed by atoms with van der Waals surface area (Å²) in [5.41, 5.74) is 21.3. The Labute approximate surface area is 311 Å². The molecule has 250 valence electrons. The van der Waals surface area contributed by atoms with E-state index in [0.29, 0.717) is 0 Å². The number of benzene rings is 8. The molecule has 0 N–H and O–H groups in total. The summed E-state index contributed by atoms with van der Waals surface area (Å²) in [5, 5.41) is 0. The van der Waals surface area contributed by atoms with E-state index in [4.69, 9.17) is 0 Å². The minimum atomic E-state index is -0.530. The lowest BCUT2D eigenvalue weighted by Gasteiger charge is -2.36. The predicted molar refractivity (Wildman–Crippen MR) is 220 cm³/mol. The van der Waals surface area contributed by atoms with Gasteiger partial charge in [-0.25, -0.2) is 0 Å². The molecular formula is C52H37N. The van der Waals surface area contributed by atoms with Gasteiger partial charge in [0.15, 0.2) is 0 Å². The van der Waals surface area contributed by atoms with Gasteiger partial charge in [0.25, 0.3) is 0 Å². The molecule has 11 rings (SSSR count). The second-order valence-corrected chi connectivity index (χ2v) is 15.2. The Balaban J connectivity index is 1.21. The first-order valence-corrected chi connectivity index (χ1v) is 18.7. The lowest BCUT2D eigenvalue weighted by Crippen LogP contribution is -2.29. The summed E-state index contributed by atoms with van der Waals surface area (Å²) < 4.78 is 0. The normalized spacial score (nSPS) is 14.5. The van der Waals surface area contributed by atoms with Crippen LogP contribution in [0.15, 0.2) is 188 Å². The van der Waals surface area contributed by atoms with Crippen LogP contribution in [0.4, 0.5) is 17.1 Å². The van der Waals surface area contributed by atoms with Crippen LogP contribution in [0.1, 0.15) is 47.2 Å². The van der Waals surface area contributed by atoms with Crippen molar-refractivity contribution in [2.45, 2.75) is 24.7 Å². The maximum Gasteiger partial charge on any atom is 0.0726 e. The molecule has 0 saturated carbocycles. The second-order valence-electron chi connectivity index (χ2n) is 15.2. The Bertz CT molecular complexity index is 2700. The highest BCUT2D eigenvalue weighted by molar-refractivity contribution is 5.98. The van der Waals surface area contributed by atoms with Crippen molar-refractivity contribution in [3.8, 4) is 44.5 Å². The number of hydrogen-bond acceptors (Lipinski definition) is 1. The topological polar surface area (TPSA) is 3.24 Å². The van der Waals surface area contributed by atoms with Gasteiger partial charge in [0, 0.05) is 22.5 Å². The van der Waals surface area contributed by atoms with Crippen LogP contribution in [-0.4, -0.2) is 0 Å². The molecule has 1 heteroatoms. The molecule has 0 unspecified atom stereocenters. The second kappa shape index (κ2) is 11.0. The van der Waals surface area contributed by atoms with E-state index in [1.165, 1.54) is 77.9 Å². The lowest BCUT2D eigenvalue weighted by atomic mass is 9.66. The van der Waals surface area contributed by atoms with Crippen molar-refractivity contribution in [1.29, 1.82) is 0 Å². The van der Waals surface area contributed by atoms with Gasteiger partial charge in [-0.05, 0) is 114 Å². The van der Waals surface area contributed by atoms with Gasteiger partial charge < -0.3 is 4.90 Å². The van der Waals surface area contributed by atoms with E-state index in [1.54, 1.807) is 0 Å². The van der Waals surface area contributed by atoms with Crippen LogP contribution in [0.3, 0.4) is 0 Å². The van der Waals surface area contributed by atoms with E-state index in [2.05, 4.69) is 207 Å². The number of para-hydroxylation sites is 1. The standard InChI is InChI=1S/C52H37N/c1-51(2)45-24-12-8-22-41(45)43-30-28-35(32-49(43)51)53(34-16-4-3-5-17-34)36-29-31-44-42-23-11-15-27-48(42)52(50(44)33-36)46-25-13-9-20-39(46)37-18-6-7-19-38(37)40-21-10-14-26-47(40)52/h3-33H,1-2H3. The first kappa shape index (κ1) is 30.2. The number of rotatable bonds is 3. The Morgan fingerprint density at radius 2 is 0.642 bits per heavy atom. The van der Waals surface area contributed by atoms with Gasteiger partial charge in [-0.3, -0.25) is 0 Å². The first-order valence-electron chi connectivity index (χ1n) is 18.7. The van der Waals surface area contributed by atoms with Gasteiger partial charge in [-0.1, -0.05) is 166 Å². The fraction of sp³-hybridized carbons (Fsp3) is 0.0769. The summed E-state index contributed by atoms with van der Waals surface area (Å²) in [5.74, 6) is 0. The highest BCUT2D eigenvalue weighted by Crippen LogP contribution is 2.62. The SMILES string of the molecule is CC1(C)c2ccccc2-c2ccc(N(c3ccccc3)c3ccc4c(c3)C3(c5ccccc5-c5ccccc5-c5ccccc53)c3ccccc3-4)cc21. The number of anilines is 3. The Morgan fingerprint density at radius 1 is 0.283 bits per heavy atom. The van der Waals surface area contributed by atoms with Gasteiger partial charge in [0.05, 0.1) is 5.41 Å². The molecule has 3 aliphatic carbocycles. The van der Waals surface area contributed by atoms with Crippen LogP contribution in [0.5, 0.6) is 0 Å². The molecule has 0 aromatic heterocycles. The molecule has 1 spiro atoms. The minimum absolute atomic E-state index is 0.100. The fourth-order valence-electron chi connectivity index (χ4n) is 10.0. The molecular weight excluding hydrogens is 639 g/mol. The van der Waals surface area contributed by atoms with Crippen LogP contribution < -0.4 is 4.90 Å². The average molecular weight is 676 g/mol. The Kier molecular flexibility index (Phi) is 6.29. The Hall–Kier alpha value is -6.44. The summed E-state index contributed by atoms with van der Waals surface area (Å²) in [6, 6.07) is 70.4. The molecule has 0 heterocycles. The molecule has 3 aliphatic rings. The molecule has 0 amide bonds. The van der Waals surface area contributed by atoms with Gasteiger partial charge in [0.1, 0.15) is 0 Å². The van der Waals surface area contributed by atoms with Crippen LogP contribution in [-0.2, 0) is 10.8 Å². The molecule has 0 saturated heterocycles. The van der Waals surface area contributed by atoms with Crippen LogP contribution in [0, 0.1) is 0 Å². The minimum Gasteiger partial charge on any atom is -0.310 e. The van der Waals surface area contributed by atoms with E-state index in [-0.39, 0.29) is 5.41 Å². The maximum atomic E-state index is 2.50. The average Bonchev–Trinajstić information content (AvgIpc) is 3.59. The van der Waals surface area contributed by atoms with Crippen LogP contribution >= 0.6 is 0 Å². The predicted octanol–water partition coefficient (Wildman–Crippen LogP) is 13.5. The van der Waals surface area contributed by atoms with Crippen molar-refractivity contribution in [2.75, 3.05) is 4.90 Å². The van der Waals surface area contributed by atoms with Crippen molar-refractivity contribution in [1.82, 2.24) is 0 Å². The van der Waals surface area contributed by atoms with E-state index in [0.717, 1.165) is 17.1 Å². The third-order valence-corrected chi connectivity index (χ3v) is 12.3. The third-order valence-electron chi connectivity index (χ3n) is 12.3. The summed E-state index contributed by atoms with van der Waals surface area (Å²) in [4.78, 5) is 2.46. The molecule has 53 heavy (non-hydrogen) atoms. The van der Waals surface area contributed by atoms with Crippen molar-refractivity contribution in [2.24, 2.45) is 0 Å². The third kappa shape index (κ3) is 4.02. The first-order chi connectivity index (χ1) is 26.1. The summed E-state index contributed by atoms with van der Waals surface area (Å²) in [7, 11) is 0. The van der Waals surface area contributed by atoms with Crippen molar-refractivity contribution in [3.63, 3.8) is 0 Å². The number of hydrogen-bond donors (Lipinski definition) is 0. The number of fused-ring (bicyclic) bond motifs is 15. The smallest absolute Gasteiger partial charge is 0.0726 e. The van der Waals surface area contributed by atoms with Crippen molar-refractivity contribution >= 4 is 17.1 Å². The van der Waals surface area contributed by atoms with Gasteiger partial charge in [0.2, 0.25) is 0 Å². The monoisotopic (exact) mass is 675 g/mol. The molecule has 1 nitrogen and oxygen atoms in total. The zero-order valence-electron chi connectivity index (χ0n) is 29.8. The summed E-state index contributed by atoms with van der Waals surface area (Å²) >= 11 is 0. The molecule has 8 aromatic rings. The van der Waals surface area contributed by atoms with E-state index >= 15 is 0 Å². The van der Waals surface area contributed by atoms with E-state index in [1.807, 2.05) is 0 Å². The molecule has 0 radical (unpaired) electrons. The summed E-state index contributed by atoms with van der Waals surface area (Å²) in [6.45, 7) is 4.73. The fourth-order valence-corrected chi connectivity index (χ4v) is 10.0. The zero-order chi connectivity index (χ0) is 35.3. The molecule has 0 atom stereocenters.